The zero-order valence-electron chi connectivity index (χ0n) is 13.1. The van der Waals surface area contributed by atoms with E-state index in [4.69, 9.17) is 0 Å². The van der Waals surface area contributed by atoms with Gasteiger partial charge < -0.3 is 10.1 Å². The van der Waals surface area contributed by atoms with Gasteiger partial charge in [-0.15, -0.1) is 0 Å². The third-order valence-corrected chi connectivity index (χ3v) is 3.84. The van der Waals surface area contributed by atoms with E-state index in [1.807, 2.05) is 0 Å². The van der Waals surface area contributed by atoms with Crippen LogP contribution in [0, 0.1) is 0 Å². The Hall–Kier alpha value is -2.57. The van der Waals surface area contributed by atoms with Gasteiger partial charge in [0.05, 0.1) is 17.9 Å². The molecule has 24 heavy (non-hydrogen) atoms. The van der Waals surface area contributed by atoms with Gasteiger partial charge in [-0.1, -0.05) is 0 Å². The van der Waals surface area contributed by atoms with Crippen molar-refractivity contribution in [1.29, 1.82) is 0 Å². The fourth-order valence-electron chi connectivity index (χ4n) is 2.46. The Bertz CT molecular complexity index is 721. The van der Waals surface area contributed by atoms with E-state index >= 15 is 0 Å². The first-order valence-corrected chi connectivity index (χ1v) is 7.69. The molecule has 1 heterocycles. The van der Waals surface area contributed by atoms with Gasteiger partial charge in [0.1, 0.15) is 5.75 Å². The summed E-state index contributed by atoms with van der Waals surface area (Å²) in [5, 5.41) is 2.80. The van der Waals surface area contributed by atoms with Crippen molar-refractivity contribution in [3.63, 3.8) is 0 Å². The van der Waals surface area contributed by atoms with E-state index in [0.29, 0.717) is 17.2 Å². The van der Waals surface area contributed by atoms with Crippen LogP contribution in [0.25, 0.3) is 0 Å². The highest BCUT2D eigenvalue weighted by Crippen LogP contribution is 2.41. The summed E-state index contributed by atoms with van der Waals surface area (Å²) in [6.07, 6.45) is 6.65. The quantitative estimate of drug-likeness (QED) is 0.879. The minimum Gasteiger partial charge on any atom is -0.435 e. The third-order valence-electron chi connectivity index (χ3n) is 3.84. The minimum atomic E-state index is -2.92. The largest absolute Gasteiger partial charge is 0.435 e. The molecule has 0 saturated heterocycles. The molecule has 126 valence electrons. The molecule has 3 rings (SSSR count). The van der Waals surface area contributed by atoms with Gasteiger partial charge in [0.2, 0.25) is 0 Å². The molecular formula is C17H17F2N3O2. The van der Waals surface area contributed by atoms with Crippen molar-refractivity contribution < 1.29 is 18.3 Å². The molecule has 2 aromatic rings. The maximum Gasteiger partial charge on any atom is 0.387 e. The van der Waals surface area contributed by atoms with Gasteiger partial charge in [0, 0.05) is 18.0 Å². The van der Waals surface area contributed by atoms with Crippen LogP contribution >= 0.6 is 0 Å². The highest BCUT2D eigenvalue weighted by molar-refractivity contribution is 5.95. The lowest BCUT2D eigenvalue weighted by Crippen LogP contribution is -2.27. The molecule has 0 spiro atoms. The van der Waals surface area contributed by atoms with Crippen molar-refractivity contribution in [1.82, 2.24) is 15.3 Å². The Kier molecular flexibility index (Phi) is 4.69. The molecule has 1 saturated carbocycles. The summed E-state index contributed by atoms with van der Waals surface area (Å²) < 4.78 is 29.5. The number of alkyl halides is 2. The number of benzene rings is 1. The number of carbonyl (C=O) groups excluding carboxylic acids is 1. The van der Waals surface area contributed by atoms with Crippen molar-refractivity contribution in [3.8, 4) is 5.75 Å². The van der Waals surface area contributed by atoms with Crippen LogP contribution in [0.1, 0.15) is 53.3 Å². The number of halogens is 2. The van der Waals surface area contributed by atoms with Gasteiger partial charge in [0.15, 0.2) is 0 Å². The highest BCUT2D eigenvalue weighted by Gasteiger charge is 2.26. The Morgan fingerprint density at radius 2 is 2.08 bits per heavy atom. The molecule has 5 nitrogen and oxygen atoms in total. The van der Waals surface area contributed by atoms with E-state index in [1.165, 1.54) is 6.07 Å². The molecule has 7 heteroatoms. The standard InChI is InChI=1S/C17H17F2N3O2/c1-10(15-9-20-4-5-21-15)22-16(23)13-6-12(11-2-3-11)7-14(8-13)24-17(18)19/h4-11,17H,2-3H2,1H3,(H,22,23). The molecule has 1 N–H and O–H groups in total. The number of ether oxygens (including phenoxy) is 1. The van der Waals surface area contributed by atoms with Gasteiger partial charge in [-0.05, 0) is 49.4 Å². The number of nitrogens with one attached hydrogen (secondary N) is 1. The first-order valence-electron chi connectivity index (χ1n) is 7.69. The zero-order chi connectivity index (χ0) is 17.1. The van der Waals surface area contributed by atoms with E-state index < -0.39 is 6.61 Å². The molecule has 0 aliphatic heterocycles. The average Bonchev–Trinajstić information content (AvgIpc) is 3.39. The van der Waals surface area contributed by atoms with Crippen molar-refractivity contribution >= 4 is 5.91 Å². The first kappa shape index (κ1) is 16.3. The SMILES string of the molecule is CC(NC(=O)c1cc(OC(F)F)cc(C2CC2)c1)c1cnccn1. The van der Waals surface area contributed by atoms with Gasteiger partial charge in [0.25, 0.3) is 5.91 Å². The second-order valence-electron chi connectivity index (χ2n) is 5.77. The van der Waals surface area contributed by atoms with Crippen LogP contribution in [0.4, 0.5) is 8.78 Å². The number of aromatic nitrogens is 2. The number of rotatable bonds is 6. The fourth-order valence-corrected chi connectivity index (χ4v) is 2.46. The summed E-state index contributed by atoms with van der Waals surface area (Å²) in [7, 11) is 0. The van der Waals surface area contributed by atoms with Crippen LogP contribution in [0.5, 0.6) is 5.75 Å². The fraction of sp³-hybridized carbons (Fsp3) is 0.353. The summed E-state index contributed by atoms with van der Waals surface area (Å²) in [6.45, 7) is -1.14. The van der Waals surface area contributed by atoms with Crippen LogP contribution < -0.4 is 10.1 Å². The van der Waals surface area contributed by atoms with E-state index in [-0.39, 0.29) is 17.7 Å². The zero-order valence-corrected chi connectivity index (χ0v) is 13.1. The predicted octanol–water partition coefficient (Wildman–Crippen LogP) is 3.45. The van der Waals surface area contributed by atoms with Crippen LogP contribution in [0.2, 0.25) is 0 Å². The Morgan fingerprint density at radius 3 is 2.71 bits per heavy atom. The van der Waals surface area contributed by atoms with E-state index in [1.54, 1.807) is 37.6 Å². The Morgan fingerprint density at radius 1 is 1.29 bits per heavy atom. The number of carbonyl (C=O) groups is 1. The van der Waals surface area contributed by atoms with Gasteiger partial charge in [-0.3, -0.25) is 14.8 Å². The Labute approximate surface area is 138 Å². The lowest BCUT2D eigenvalue weighted by atomic mass is 10.1. The lowest BCUT2D eigenvalue weighted by molar-refractivity contribution is -0.0499. The molecule has 1 aliphatic rings. The monoisotopic (exact) mass is 333 g/mol. The molecule has 0 radical (unpaired) electrons. The smallest absolute Gasteiger partial charge is 0.387 e. The molecule has 1 unspecified atom stereocenters. The molecule has 0 bridgehead atoms. The topological polar surface area (TPSA) is 64.1 Å². The van der Waals surface area contributed by atoms with Gasteiger partial charge in [-0.2, -0.15) is 8.78 Å². The van der Waals surface area contributed by atoms with E-state index in [9.17, 15) is 13.6 Å². The van der Waals surface area contributed by atoms with Gasteiger partial charge in [-0.25, -0.2) is 0 Å². The summed E-state index contributed by atoms with van der Waals surface area (Å²) >= 11 is 0. The highest BCUT2D eigenvalue weighted by atomic mass is 19.3. The summed E-state index contributed by atoms with van der Waals surface area (Å²) in [5.41, 5.74) is 1.77. The van der Waals surface area contributed by atoms with Gasteiger partial charge >= 0.3 is 6.61 Å². The van der Waals surface area contributed by atoms with Crippen LogP contribution in [0.3, 0.4) is 0 Å². The normalized spacial score (nSPS) is 15.2. The maximum absolute atomic E-state index is 12.5. The van der Waals surface area contributed by atoms with Crippen molar-refractivity contribution in [2.45, 2.75) is 38.3 Å². The predicted molar refractivity (Wildman–Crippen MR) is 83.0 cm³/mol. The van der Waals surface area contributed by atoms with Crippen molar-refractivity contribution in [3.05, 3.63) is 53.6 Å². The van der Waals surface area contributed by atoms with Crippen LogP contribution in [-0.4, -0.2) is 22.5 Å². The number of hydrogen-bond donors (Lipinski definition) is 1. The Balaban J connectivity index is 1.79. The lowest BCUT2D eigenvalue weighted by Gasteiger charge is -2.14. The minimum absolute atomic E-state index is 0.00621. The molecular weight excluding hydrogens is 316 g/mol. The van der Waals surface area contributed by atoms with E-state index in [0.717, 1.165) is 18.4 Å². The summed E-state index contributed by atoms with van der Waals surface area (Å²) in [6, 6.07) is 4.29. The second-order valence-corrected chi connectivity index (χ2v) is 5.77. The van der Waals surface area contributed by atoms with Crippen molar-refractivity contribution in [2.24, 2.45) is 0 Å². The molecule has 1 amide bonds. The third kappa shape index (κ3) is 4.04. The summed E-state index contributed by atoms with van der Waals surface area (Å²) in [5.74, 6) is -0.0448. The van der Waals surface area contributed by atoms with Crippen LogP contribution in [0.15, 0.2) is 36.8 Å². The molecule has 1 aromatic heterocycles. The molecule has 1 atom stereocenters. The summed E-state index contributed by atoms with van der Waals surface area (Å²) in [4.78, 5) is 20.6. The maximum atomic E-state index is 12.5. The molecule has 1 aromatic carbocycles. The number of amides is 1. The second kappa shape index (κ2) is 6.90. The average molecular weight is 333 g/mol. The number of hydrogen-bond acceptors (Lipinski definition) is 4. The van der Waals surface area contributed by atoms with Crippen molar-refractivity contribution in [2.75, 3.05) is 0 Å². The number of nitrogens with zero attached hydrogens (tertiary/aromatic N) is 2. The first-order chi connectivity index (χ1) is 11.5. The van der Waals surface area contributed by atoms with E-state index in [2.05, 4.69) is 20.0 Å². The molecule has 1 fully saturated rings. The molecule has 1 aliphatic carbocycles. The van der Waals surface area contributed by atoms with Crippen LogP contribution in [-0.2, 0) is 0 Å².